The normalized spacial score (nSPS) is 16.1. The molecule has 1 aliphatic heterocycles. The first kappa shape index (κ1) is 18.8. The molecule has 2 aromatic rings. The largest absolute Gasteiger partial charge is 0.418 e. The van der Waals surface area contributed by atoms with E-state index in [2.05, 4.69) is 14.7 Å². The molecule has 1 saturated heterocycles. The van der Waals surface area contributed by atoms with Crippen molar-refractivity contribution in [2.24, 2.45) is 11.1 Å². The highest BCUT2D eigenvalue weighted by molar-refractivity contribution is 7.87. The van der Waals surface area contributed by atoms with Crippen molar-refractivity contribution in [3.63, 3.8) is 0 Å². The molecule has 0 saturated carbocycles. The van der Waals surface area contributed by atoms with E-state index in [0.29, 0.717) is 30.7 Å². The zero-order chi connectivity index (χ0) is 19.1. The highest BCUT2D eigenvalue weighted by Crippen LogP contribution is 2.39. The summed E-state index contributed by atoms with van der Waals surface area (Å²) in [4.78, 5) is 9.87. The van der Waals surface area contributed by atoms with Crippen LogP contribution < -0.4 is 14.8 Å². The number of nitrogens with zero attached hydrogens (tertiary/aromatic N) is 3. The second-order valence-electron chi connectivity index (χ2n) is 6.35. The van der Waals surface area contributed by atoms with Crippen LogP contribution in [-0.2, 0) is 16.4 Å². The van der Waals surface area contributed by atoms with Gasteiger partial charge in [-0.15, -0.1) is 0 Å². The van der Waals surface area contributed by atoms with Gasteiger partial charge in [0.1, 0.15) is 12.1 Å². The topological polar surface area (TPSA) is 101 Å². The van der Waals surface area contributed by atoms with Gasteiger partial charge in [-0.2, -0.15) is 21.6 Å². The summed E-state index contributed by atoms with van der Waals surface area (Å²) in [5.74, 6) is 0.665. The molecule has 1 aromatic carbocycles. The first-order chi connectivity index (χ1) is 12.1. The number of hydrogen-bond donors (Lipinski definition) is 2. The lowest BCUT2D eigenvalue weighted by Gasteiger charge is -2.40. The van der Waals surface area contributed by atoms with Gasteiger partial charge in [-0.3, -0.25) is 0 Å². The van der Waals surface area contributed by atoms with Crippen LogP contribution in [0.25, 0.3) is 10.9 Å². The zero-order valence-corrected chi connectivity index (χ0v) is 14.7. The lowest BCUT2D eigenvalue weighted by molar-refractivity contribution is -0.136. The number of fused-ring (bicyclic) bond motifs is 1. The Balaban J connectivity index is 1.79. The van der Waals surface area contributed by atoms with E-state index >= 15 is 0 Å². The molecule has 1 fully saturated rings. The molecule has 0 amide bonds. The number of alkyl halides is 3. The van der Waals surface area contributed by atoms with Crippen molar-refractivity contribution in [1.82, 2.24) is 14.7 Å². The van der Waals surface area contributed by atoms with E-state index in [4.69, 9.17) is 5.14 Å². The second-order valence-corrected chi connectivity index (χ2v) is 7.73. The summed E-state index contributed by atoms with van der Waals surface area (Å²) in [5, 5.41) is 5.22. The van der Waals surface area contributed by atoms with Crippen LogP contribution in [0.1, 0.15) is 17.5 Å². The monoisotopic (exact) mass is 389 g/mol. The quantitative estimate of drug-likeness (QED) is 0.809. The number of benzene rings is 1. The van der Waals surface area contributed by atoms with E-state index < -0.39 is 21.9 Å². The Morgan fingerprint density at radius 3 is 2.62 bits per heavy atom. The highest BCUT2D eigenvalue weighted by Gasteiger charge is 2.36. The summed E-state index contributed by atoms with van der Waals surface area (Å²) in [6.07, 6.45) is -2.77. The van der Waals surface area contributed by atoms with Crippen molar-refractivity contribution < 1.29 is 21.6 Å². The van der Waals surface area contributed by atoms with Crippen molar-refractivity contribution >= 4 is 26.9 Å². The predicted octanol–water partition coefficient (Wildman–Crippen LogP) is 1.58. The molecule has 7 nitrogen and oxygen atoms in total. The Labute approximate surface area is 148 Å². The van der Waals surface area contributed by atoms with E-state index in [1.807, 2.05) is 4.90 Å². The maximum absolute atomic E-state index is 13.4. The van der Waals surface area contributed by atoms with E-state index in [-0.39, 0.29) is 23.5 Å². The summed E-state index contributed by atoms with van der Waals surface area (Å²) >= 11 is 0. The Kier molecular flexibility index (Phi) is 4.80. The first-order valence-electron chi connectivity index (χ1n) is 7.90. The van der Waals surface area contributed by atoms with Crippen LogP contribution in [-0.4, -0.2) is 38.0 Å². The molecule has 0 radical (unpaired) electrons. The summed E-state index contributed by atoms with van der Waals surface area (Å²) in [6.45, 7) is 2.78. The summed E-state index contributed by atoms with van der Waals surface area (Å²) in [5.41, 5.74) is -0.736. The Morgan fingerprint density at radius 1 is 1.31 bits per heavy atom. The number of anilines is 1. The molecule has 0 atom stereocenters. The van der Waals surface area contributed by atoms with Crippen molar-refractivity contribution in [1.29, 1.82) is 0 Å². The molecule has 3 rings (SSSR count). The van der Waals surface area contributed by atoms with Crippen LogP contribution in [0.3, 0.4) is 0 Å². The third-order valence-electron chi connectivity index (χ3n) is 4.39. The molecule has 0 aliphatic carbocycles. The van der Waals surface area contributed by atoms with E-state index in [9.17, 15) is 21.6 Å². The number of hydrogen-bond acceptors (Lipinski definition) is 5. The van der Waals surface area contributed by atoms with Gasteiger partial charge in [0, 0.05) is 25.0 Å². The fourth-order valence-electron chi connectivity index (χ4n) is 3.16. The van der Waals surface area contributed by atoms with Gasteiger partial charge < -0.3 is 4.90 Å². The summed E-state index contributed by atoms with van der Waals surface area (Å²) in [7, 11) is -3.71. The van der Waals surface area contributed by atoms with Gasteiger partial charge >= 0.3 is 6.18 Å². The lowest BCUT2D eigenvalue weighted by atomic mass is 9.95. The average molecular weight is 389 g/mol. The minimum atomic E-state index is -4.49. The van der Waals surface area contributed by atoms with Crippen LogP contribution in [0.5, 0.6) is 0 Å². The van der Waals surface area contributed by atoms with Gasteiger partial charge in [0.15, 0.2) is 0 Å². The Hall–Kier alpha value is -1.98. The van der Waals surface area contributed by atoms with Crippen LogP contribution in [0.15, 0.2) is 18.5 Å². The zero-order valence-electron chi connectivity index (χ0n) is 13.9. The molecule has 26 heavy (non-hydrogen) atoms. The Bertz CT molecular complexity index is 927. The number of halogens is 3. The third-order valence-corrected chi connectivity index (χ3v) is 5.00. The molecule has 11 heteroatoms. The van der Waals surface area contributed by atoms with Gasteiger partial charge in [0.2, 0.25) is 0 Å². The highest BCUT2D eigenvalue weighted by atomic mass is 32.2. The molecule has 0 bridgehead atoms. The molecule has 3 N–H and O–H groups in total. The van der Waals surface area contributed by atoms with Crippen LogP contribution in [0, 0.1) is 12.8 Å². The van der Waals surface area contributed by atoms with Gasteiger partial charge in [0.05, 0.1) is 11.1 Å². The van der Waals surface area contributed by atoms with E-state index in [1.165, 1.54) is 13.0 Å². The van der Waals surface area contributed by atoms with Gasteiger partial charge in [0.25, 0.3) is 10.2 Å². The summed E-state index contributed by atoms with van der Waals surface area (Å²) in [6, 6.07) is 3.02. The lowest BCUT2D eigenvalue weighted by Crippen LogP contribution is -2.48. The predicted molar refractivity (Wildman–Crippen MR) is 90.7 cm³/mol. The van der Waals surface area contributed by atoms with Crippen molar-refractivity contribution in [2.75, 3.05) is 24.5 Å². The minimum Gasteiger partial charge on any atom is -0.355 e. The maximum atomic E-state index is 13.4. The molecular weight excluding hydrogens is 371 g/mol. The average Bonchev–Trinajstić information content (AvgIpc) is 2.46. The van der Waals surface area contributed by atoms with Gasteiger partial charge in [-0.25, -0.2) is 19.8 Å². The van der Waals surface area contributed by atoms with E-state index in [1.54, 1.807) is 6.07 Å². The number of rotatable bonds is 5. The fourth-order valence-corrected chi connectivity index (χ4v) is 3.56. The third kappa shape index (κ3) is 3.89. The standard InChI is InChI=1S/C15H18F3N5O2S/c1-9-2-3-11-13(12(9)15(16,17)18)20-8-21-14(11)23-6-10(7-23)4-5-22-26(19,24)25/h2-3,8,10,22H,4-7H2,1H3,(H2,19,24,25). The smallest absolute Gasteiger partial charge is 0.355 e. The first-order valence-corrected chi connectivity index (χ1v) is 9.45. The van der Waals surface area contributed by atoms with Crippen molar-refractivity contribution in [3.8, 4) is 0 Å². The van der Waals surface area contributed by atoms with Crippen molar-refractivity contribution in [3.05, 3.63) is 29.6 Å². The molecule has 142 valence electrons. The maximum Gasteiger partial charge on any atom is 0.418 e. The molecule has 0 unspecified atom stereocenters. The molecular formula is C15H18F3N5O2S. The van der Waals surface area contributed by atoms with Crippen LogP contribution in [0.2, 0.25) is 0 Å². The molecule has 0 spiro atoms. The van der Waals surface area contributed by atoms with E-state index in [0.717, 1.165) is 6.33 Å². The second kappa shape index (κ2) is 6.63. The minimum absolute atomic E-state index is 0.109. The SMILES string of the molecule is Cc1ccc2c(N3CC(CCNS(N)(=O)=O)C3)ncnc2c1C(F)(F)F. The van der Waals surface area contributed by atoms with Crippen molar-refractivity contribution in [2.45, 2.75) is 19.5 Å². The fraction of sp³-hybridized carbons (Fsp3) is 0.467. The molecule has 1 aromatic heterocycles. The number of nitrogens with two attached hydrogens (primary N) is 1. The molecule has 1 aliphatic rings. The summed E-state index contributed by atoms with van der Waals surface area (Å²) < 4.78 is 64.0. The van der Waals surface area contributed by atoms with Crippen LogP contribution in [0.4, 0.5) is 19.0 Å². The van der Waals surface area contributed by atoms with Crippen LogP contribution >= 0.6 is 0 Å². The number of aryl methyl sites for hydroxylation is 1. The van der Waals surface area contributed by atoms with Gasteiger partial charge in [-0.05, 0) is 30.9 Å². The number of nitrogens with one attached hydrogen (secondary N) is 1. The molecule has 2 heterocycles. The Morgan fingerprint density at radius 2 is 2.00 bits per heavy atom. The van der Waals surface area contributed by atoms with Gasteiger partial charge in [-0.1, -0.05) is 6.07 Å². The number of aromatic nitrogens is 2.